The highest BCUT2D eigenvalue weighted by Crippen LogP contribution is 2.49. The van der Waals surface area contributed by atoms with E-state index in [1.165, 1.54) is 37.0 Å². The second-order valence-electron chi connectivity index (χ2n) is 8.18. The number of rotatable bonds is 4. The van der Waals surface area contributed by atoms with E-state index in [1.807, 2.05) is 22.4 Å². The van der Waals surface area contributed by atoms with Crippen LogP contribution in [0.4, 0.5) is 0 Å². The standard InChI is InChI=1S/C20H28N2O2S/c1-13(17-12-14-4-5-16(17)11-14)21-19(23)15-6-8-22(9-7-15)20(24)18-3-2-10-25-18/h2-3,10,13-17H,4-9,11-12H2,1H3,(H,21,23)/t13-,14+,16+,17-/m1/s1. The molecule has 4 atom stereocenters. The molecule has 2 amide bonds. The van der Waals surface area contributed by atoms with E-state index in [0.29, 0.717) is 25.0 Å². The Bertz CT molecular complexity index is 622. The molecular weight excluding hydrogens is 332 g/mol. The van der Waals surface area contributed by atoms with Crippen molar-refractivity contribution in [3.8, 4) is 0 Å². The molecule has 4 rings (SSSR count). The zero-order chi connectivity index (χ0) is 17.4. The quantitative estimate of drug-likeness (QED) is 0.893. The summed E-state index contributed by atoms with van der Waals surface area (Å²) in [5.41, 5.74) is 0. The first-order valence-electron chi connectivity index (χ1n) is 9.75. The normalized spacial score (nSPS) is 30.4. The molecule has 0 aromatic carbocycles. The molecule has 1 aliphatic heterocycles. The van der Waals surface area contributed by atoms with E-state index in [2.05, 4.69) is 12.2 Å². The van der Waals surface area contributed by atoms with Crippen molar-refractivity contribution in [2.45, 2.75) is 51.5 Å². The van der Waals surface area contributed by atoms with Crippen LogP contribution in [0.2, 0.25) is 0 Å². The number of carbonyl (C=O) groups is 2. The van der Waals surface area contributed by atoms with Crippen LogP contribution in [0.1, 0.15) is 55.1 Å². The first kappa shape index (κ1) is 17.1. The van der Waals surface area contributed by atoms with Crippen LogP contribution in [-0.2, 0) is 4.79 Å². The fourth-order valence-electron chi connectivity index (χ4n) is 5.26. The van der Waals surface area contributed by atoms with E-state index in [0.717, 1.165) is 29.6 Å². The van der Waals surface area contributed by atoms with Crippen molar-refractivity contribution >= 4 is 23.2 Å². The average molecular weight is 361 g/mol. The summed E-state index contributed by atoms with van der Waals surface area (Å²) in [4.78, 5) is 27.8. The Morgan fingerprint density at radius 3 is 2.60 bits per heavy atom. The van der Waals surface area contributed by atoms with Crippen molar-refractivity contribution in [2.24, 2.45) is 23.7 Å². The topological polar surface area (TPSA) is 49.4 Å². The monoisotopic (exact) mass is 360 g/mol. The zero-order valence-electron chi connectivity index (χ0n) is 14.9. The van der Waals surface area contributed by atoms with Crippen molar-refractivity contribution in [2.75, 3.05) is 13.1 Å². The lowest BCUT2D eigenvalue weighted by Crippen LogP contribution is -2.47. The number of hydrogen-bond acceptors (Lipinski definition) is 3. The molecule has 3 aliphatic rings. The third-order valence-corrected chi connectivity index (χ3v) is 7.55. The molecule has 1 aromatic heterocycles. The molecule has 2 aliphatic carbocycles. The van der Waals surface area contributed by atoms with Gasteiger partial charge in [-0.3, -0.25) is 9.59 Å². The number of hydrogen-bond donors (Lipinski definition) is 1. The highest BCUT2D eigenvalue weighted by molar-refractivity contribution is 7.12. The van der Waals surface area contributed by atoms with Crippen molar-refractivity contribution < 1.29 is 9.59 Å². The summed E-state index contributed by atoms with van der Waals surface area (Å²) < 4.78 is 0. The molecule has 0 spiro atoms. The van der Waals surface area contributed by atoms with Gasteiger partial charge in [0.05, 0.1) is 4.88 Å². The first-order valence-corrected chi connectivity index (χ1v) is 10.6. The maximum atomic E-state index is 12.7. The Kier molecular flexibility index (Phi) is 4.85. The summed E-state index contributed by atoms with van der Waals surface area (Å²) in [6.45, 7) is 3.58. The lowest BCUT2D eigenvalue weighted by atomic mass is 9.83. The van der Waals surface area contributed by atoms with Gasteiger partial charge in [-0.05, 0) is 68.2 Å². The van der Waals surface area contributed by atoms with Gasteiger partial charge in [-0.25, -0.2) is 0 Å². The minimum absolute atomic E-state index is 0.0634. The van der Waals surface area contributed by atoms with Crippen LogP contribution in [0, 0.1) is 23.7 Å². The minimum Gasteiger partial charge on any atom is -0.353 e. The molecule has 3 fully saturated rings. The maximum absolute atomic E-state index is 12.7. The maximum Gasteiger partial charge on any atom is 0.263 e. The molecule has 1 N–H and O–H groups in total. The largest absolute Gasteiger partial charge is 0.353 e. The van der Waals surface area contributed by atoms with Crippen LogP contribution in [0.5, 0.6) is 0 Å². The Balaban J connectivity index is 1.26. The number of fused-ring (bicyclic) bond motifs is 2. The summed E-state index contributed by atoms with van der Waals surface area (Å²) in [6.07, 6.45) is 7.02. The van der Waals surface area contributed by atoms with Crippen molar-refractivity contribution in [3.63, 3.8) is 0 Å². The Hall–Kier alpha value is -1.36. The zero-order valence-corrected chi connectivity index (χ0v) is 15.8. The van der Waals surface area contributed by atoms with Gasteiger partial charge in [-0.1, -0.05) is 12.5 Å². The van der Waals surface area contributed by atoms with Gasteiger partial charge in [-0.15, -0.1) is 11.3 Å². The molecule has 136 valence electrons. The summed E-state index contributed by atoms with van der Waals surface area (Å²) in [5.74, 6) is 2.82. The summed E-state index contributed by atoms with van der Waals surface area (Å²) in [5, 5.41) is 5.24. The predicted octanol–water partition coefficient (Wildman–Crippen LogP) is 3.54. The van der Waals surface area contributed by atoms with Gasteiger partial charge in [0.25, 0.3) is 5.91 Å². The van der Waals surface area contributed by atoms with E-state index in [4.69, 9.17) is 0 Å². The third-order valence-electron chi connectivity index (χ3n) is 6.69. The van der Waals surface area contributed by atoms with Crippen LogP contribution in [0.3, 0.4) is 0 Å². The van der Waals surface area contributed by atoms with Gasteiger partial charge < -0.3 is 10.2 Å². The Morgan fingerprint density at radius 2 is 2.00 bits per heavy atom. The van der Waals surface area contributed by atoms with Gasteiger partial charge in [0.1, 0.15) is 0 Å². The molecule has 2 saturated carbocycles. The summed E-state index contributed by atoms with van der Waals surface area (Å²) in [7, 11) is 0. The van der Waals surface area contributed by atoms with Gasteiger partial charge in [0.2, 0.25) is 5.91 Å². The fourth-order valence-corrected chi connectivity index (χ4v) is 5.95. The van der Waals surface area contributed by atoms with E-state index in [1.54, 1.807) is 0 Å². The number of amides is 2. The highest BCUT2D eigenvalue weighted by atomic mass is 32.1. The van der Waals surface area contributed by atoms with Crippen LogP contribution < -0.4 is 5.32 Å². The lowest BCUT2D eigenvalue weighted by molar-refractivity contribution is -0.127. The molecule has 2 bridgehead atoms. The molecular formula is C20H28N2O2S. The molecule has 1 aromatic rings. The van der Waals surface area contributed by atoms with Crippen molar-refractivity contribution in [1.29, 1.82) is 0 Å². The minimum atomic E-state index is 0.0634. The first-order chi connectivity index (χ1) is 12.1. The molecule has 0 radical (unpaired) electrons. The second kappa shape index (κ2) is 7.10. The van der Waals surface area contributed by atoms with Gasteiger partial charge in [-0.2, -0.15) is 0 Å². The molecule has 2 heterocycles. The molecule has 25 heavy (non-hydrogen) atoms. The molecule has 0 unspecified atom stereocenters. The number of piperidine rings is 1. The van der Waals surface area contributed by atoms with E-state index >= 15 is 0 Å². The van der Waals surface area contributed by atoms with Crippen molar-refractivity contribution in [1.82, 2.24) is 10.2 Å². The third kappa shape index (κ3) is 3.48. The smallest absolute Gasteiger partial charge is 0.263 e. The van der Waals surface area contributed by atoms with Crippen molar-refractivity contribution in [3.05, 3.63) is 22.4 Å². The highest BCUT2D eigenvalue weighted by Gasteiger charge is 2.42. The average Bonchev–Trinajstić information content (AvgIpc) is 3.38. The number of likely N-dealkylation sites (tertiary alicyclic amines) is 1. The van der Waals surface area contributed by atoms with E-state index in [9.17, 15) is 9.59 Å². The SMILES string of the molecule is C[C@@H](NC(=O)C1CCN(C(=O)c2cccs2)CC1)[C@H]1C[C@H]2CC[C@H]1C2. The van der Waals surface area contributed by atoms with E-state index in [-0.39, 0.29) is 17.7 Å². The number of nitrogens with one attached hydrogen (secondary N) is 1. The lowest BCUT2D eigenvalue weighted by Gasteiger charge is -2.33. The van der Waals surface area contributed by atoms with Gasteiger partial charge in [0.15, 0.2) is 0 Å². The fraction of sp³-hybridized carbons (Fsp3) is 0.700. The Labute approximate surface area is 154 Å². The van der Waals surface area contributed by atoms with Crippen LogP contribution in [0.15, 0.2) is 17.5 Å². The predicted molar refractivity (Wildman–Crippen MR) is 99.5 cm³/mol. The van der Waals surface area contributed by atoms with Gasteiger partial charge >= 0.3 is 0 Å². The number of carbonyl (C=O) groups excluding carboxylic acids is 2. The summed E-state index contributed by atoms with van der Waals surface area (Å²) >= 11 is 1.49. The molecule has 5 heteroatoms. The molecule has 4 nitrogen and oxygen atoms in total. The second-order valence-corrected chi connectivity index (χ2v) is 9.13. The Morgan fingerprint density at radius 1 is 1.20 bits per heavy atom. The number of thiophene rings is 1. The van der Waals surface area contributed by atoms with Crippen LogP contribution >= 0.6 is 11.3 Å². The van der Waals surface area contributed by atoms with Gasteiger partial charge in [0, 0.05) is 25.0 Å². The van der Waals surface area contributed by atoms with Crippen LogP contribution in [-0.4, -0.2) is 35.8 Å². The molecule has 1 saturated heterocycles. The van der Waals surface area contributed by atoms with Crippen LogP contribution in [0.25, 0.3) is 0 Å². The number of nitrogens with zero attached hydrogens (tertiary/aromatic N) is 1. The summed E-state index contributed by atoms with van der Waals surface area (Å²) in [6, 6.07) is 4.09. The van der Waals surface area contributed by atoms with E-state index < -0.39 is 0 Å².